The number of nitrogens with zero attached hydrogens (tertiary/aromatic N) is 1. The minimum atomic E-state index is -0.371. The quantitative estimate of drug-likeness (QED) is 0.725. The summed E-state index contributed by atoms with van der Waals surface area (Å²) in [6.07, 6.45) is 4.86. The molecule has 1 saturated carbocycles. The second-order valence-corrected chi connectivity index (χ2v) is 6.08. The van der Waals surface area contributed by atoms with Crippen LogP contribution in [0.2, 0.25) is 12.1 Å². The molecular weight excluding hydrogens is 229 g/mol. The highest BCUT2D eigenvalue weighted by Crippen LogP contribution is 2.38. The van der Waals surface area contributed by atoms with Crippen molar-refractivity contribution >= 4 is 9.52 Å². The summed E-state index contributed by atoms with van der Waals surface area (Å²) in [6, 6.07) is 6.95. The van der Waals surface area contributed by atoms with Gasteiger partial charge in [-0.15, -0.1) is 0 Å². The fourth-order valence-electron chi connectivity index (χ4n) is 2.59. The molecule has 1 aromatic carbocycles. The van der Waals surface area contributed by atoms with E-state index in [-0.39, 0.29) is 11.4 Å². The molecule has 0 saturated heterocycles. The van der Waals surface area contributed by atoms with Crippen LogP contribution in [0.3, 0.4) is 0 Å². The van der Waals surface area contributed by atoms with Crippen molar-refractivity contribution in [2.24, 2.45) is 0 Å². The van der Waals surface area contributed by atoms with Gasteiger partial charge in [-0.1, -0.05) is 25.5 Å². The monoisotopic (exact) mass is 245 g/mol. The molecule has 88 valence electrons. The average Bonchev–Trinajstić information content (AvgIpc) is 2.39. The van der Waals surface area contributed by atoms with E-state index in [0.717, 1.165) is 33.5 Å². The third-order valence-electron chi connectivity index (χ3n) is 3.72. The largest absolute Gasteiger partial charge is 0.206 e. The van der Waals surface area contributed by atoms with Crippen molar-refractivity contribution in [3.05, 3.63) is 35.1 Å². The third kappa shape index (κ3) is 2.75. The molecule has 3 heteroatoms. The van der Waals surface area contributed by atoms with Gasteiger partial charge in [-0.25, -0.2) is 4.39 Å². The molecule has 0 N–H and O–H groups in total. The summed E-state index contributed by atoms with van der Waals surface area (Å²) in [6.45, 7) is 2.27. The van der Waals surface area contributed by atoms with E-state index < -0.39 is 0 Å². The Morgan fingerprint density at radius 3 is 2.53 bits per heavy atom. The van der Waals surface area contributed by atoms with Crippen LogP contribution in [-0.4, -0.2) is 9.52 Å². The lowest BCUT2D eigenvalue weighted by Gasteiger charge is -2.27. The highest BCUT2D eigenvalue weighted by Gasteiger charge is 2.22. The van der Waals surface area contributed by atoms with Crippen LogP contribution < -0.4 is 0 Å². The Morgan fingerprint density at radius 1 is 1.29 bits per heavy atom. The van der Waals surface area contributed by atoms with Gasteiger partial charge in [-0.2, -0.15) is 5.26 Å². The van der Waals surface area contributed by atoms with Crippen LogP contribution in [0.25, 0.3) is 0 Å². The van der Waals surface area contributed by atoms with Crippen LogP contribution >= 0.6 is 0 Å². The third-order valence-corrected chi connectivity index (χ3v) is 5.11. The van der Waals surface area contributed by atoms with Crippen molar-refractivity contribution in [1.29, 1.82) is 5.26 Å². The first-order valence-electron chi connectivity index (χ1n) is 6.11. The number of nitriles is 1. The standard InChI is InChI=1S/C14H16FNSi/c1-17-13-6-4-10(5-7-13)11-2-3-12(9-16)14(15)8-11/h2-3,8,10,13H,4-7H2,1H3. The highest BCUT2D eigenvalue weighted by atomic mass is 28.2. The molecule has 0 amide bonds. The summed E-state index contributed by atoms with van der Waals surface area (Å²) in [4.78, 5) is 0. The zero-order valence-corrected chi connectivity index (χ0v) is 11.0. The number of halogens is 1. The minimum Gasteiger partial charge on any atom is -0.206 e. The van der Waals surface area contributed by atoms with Gasteiger partial charge in [0.2, 0.25) is 0 Å². The molecule has 1 nitrogen and oxygen atoms in total. The first-order valence-corrected chi connectivity index (χ1v) is 7.69. The van der Waals surface area contributed by atoms with Crippen molar-refractivity contribution in [2.45, 2.75) is 43.7 Å². The minimum absolute atomic E-state index is 0.150. The van der Waals surface area contributed by atoms with Crippen molar-refractivity contribution in [1.82, 2.24) is 0 Å². The molecule has 1 aliphatic rings. The van der Waals surface area contributed by atoms with Gasteiger partial charge in [0.05, 0.1) is 5.56 Å². The lowest BCUT2D eigenvalue weighted by atomic mass is 9.83. The number of rotatable bonds is 2. The van der Waals surface area contributed by atoms with Gasteiger partial charge in [-0.3, -0.25) is 0 Å². The molecule has 0 aromatic heterocycles. The number of benzene rings is 1. The fourth-order valence-corrected chi connectivity index (χ4v) is 3.50. The van der Waals surface area contributed by atoms with Crippen LogP contribution in [0.15, 0.2) is 18.2 Å². The molecule has 17 heavy (non-hydrogen) atoms. The lowest BCUT2D eigenvalue weighted by Crippen LogP contribution is -2.12. The summed E-state index contributed by atoms with van der Waals surface area (Å²) < 4.78 is 13.5. The Labute approximate surface area is 104 Å². The highest BCUT2D eigenvalue weighted by molar-refractivity contribution is 6.35. The Hall–Kier alpha value is -1.14. The molecule has 0 heterocycles. The normalized spacial score (nSPS) is 24.3. The molecule has 2 rings (SSSR count). The van der Waals surface area contributed by atoms with Gasteiger partial charge in [0.15, 0.2) is 0 Å². The van der Waals surface area contributed by atoms with Gasteiger partial charge >= 0.3 is 0 Å². The van der Waals surface area contributed by atoms with E-state index in [0.29, 0.717) is 5.92 Å². The van der Waals surface area contributed by atoms with Crippen LogP contribution in [0.5, 0.6) is 0 Å². The van der Waals surface area contributed by atoms with Gasteiger partial charge in [0, 0.05) is 9.52 Å². The second kappa shape index (κ2) is 5.46. The van der Waals surface area contributed by atoms with Crippen molar-refractivity contribution < 1.29 is 4.39 Å². The zero-order chi connectivity index (χ0) is 12.3. The predicted molar refractivity (Wildman–Crippen MR) is 67.7 cm³/mol. The van der Waals surface area contributed by atoms with Crippen molar-refractivity contribution in [3.8, 4) is 6.07 Å². The molecule has 0 aliphatic heterocycles. The Bertz CT molecular complexity index is 430. The van der Waals surface area contributed by atoms with E-state index >= 15 is 0 Å². The Morgan fingerprint density at radius 2 is 2.00 bits per heavy atom. The molecular formula is C14H16FNSi. The maximum atomic E-state index is 13.5. The second-order valence-electron chi connectivity index (χ2n) is 4.69. The van der Waals surface area contributed by atoms with E-state index in [9.17, 15) is 4.39 Å². The molecule has 0 bridgehead atoms. The first-order chi connectivity index (χ1) is 8.24. The molecule has 2 radical (unpaired) electrons. The summed E-state index contributed by atoms with van der Waals surface area (Å²) in [5.41, 5.74) is 2.10. The summed E-state index contributed by atoms with van der Waals surface area (Å²) >= 11 is 0. The van der Waals surface area contributed by atoms with Crippen LogP contribution in [0.4, 0.5) is 4.39 Å². The number of hydrogen-bond acceptors (Lipinski definition) is 1. The predicted octanol–water partition coefficient (Wildman–Crippen LogP) is 3.90. The van der Waals surface area contributed by atoms with Gasteiger partial charge in [0.25, 0.3) is 0 Å². The topological polar surface area (TPSA) is 23.8 Å². The van der Waals surface area contributed by atoms with E-state index in [1.807, 2.05) is 12.1 Å². The summed E-state index contributed by atoms with van der Waals surface area (Å²) in [5.74, 6) is 0.120. The van der Waals surface area contributed by atoms with Crippen molar-refractivity contribution in [3.63, 3.8) is 0 Å². The summed E-state index contributed by atoms with van der Waals surface area (Å²) in [7, 11) is 1.03. The Kier molecular flexibility index (Phi) is 3.96. The van der Waals surface area contributed by atoms with Gasteiger partial charge in [-0.05, 0) is 42.0 Å². The molecule has 1 aromatic rings. The lowest BCUT2D eigenvalue weighted by molar-refractivity contribution is 0.440. The van der Waals surface area contributed by atoms with Crippen LogP contribution in [-0.2, 0) is 0 Å². The molecule has 1 fully saturated rings. The fraction of sp³-hybridized carbons (Fsp3) is 0.500. The van der Waals surface area contributed by atoms with E-state index in [1.165, 1.54) is 12.8 Å². The van der Waals surface area contributed by atoms with Crippen LogP contribution in [0.1, 0.15) is 42.7 Å². The maximum Gasteiger partial charge on any atom is 0.141 e. The maximum absolute atomic E-state index is 13.5. The molecule has 0 atom stereocenters. The molecule has 1 aliphatic carbocycles. The summed E-state index contributed by atoms with van der Waals surface area (Å²) in [5, 5.41) is 8.70. The van der Waals surface area contributed by atoms with E-state index in [4.69, 9.17) is 5.26 Å². The Balaban J connectivity index is 2.09. The van der Waals surface area contributed by atoms with Gasteiger partial charge < -0.3 is 0 Å². The molecule has 0 unspecified atom stereocenters. The first kappa shape index (κ1) is 12.3. The van der Waals surface area contributed by atoms with Gasteiger partial charge in [0.1, 0.15) is 11.9 Å². The van der Waals surface area contributed by atoms with Crippen molar-refractivity contribution in [2.75, 3.05) is 0 Å². The van der Waals surface area contributed by atoms with Crippen LogP contribution in [0, 0.1) is 17.1 Å². The number of hydrogen-bond donors (Lipinski definition) is 0. The smallest absolute Gasteiger partial charge is 0.141 e. The SMILES string of the molecule is C[Si]C1CCC(c2ccc(C#N)c(F)c2)CC1. The van der Waals surface area contributed by atoms with E-state index in [2.05, 4.69) is 6.55 Å². The zero-order valence-electron chi connectivity index (χ0n) is 10.0. The van der Waals surface area contributed by atoms with E-state index in [1.54, 1.807) is 12.1 Å². The molecule has 0 spiro atoms. The average molecular weight is 245 g/mol.